The van der Waals surface area contributed by atoms with E-state index in [0.29, 0.717) is 17.0 Å². The molecule has 1 aliphatic rings. The Labute approximate surface area is 139 Å². The molecule has 0 fully saturated rings. The van der Waals surface area contributed by atoms with Crippen LogP contribution in [0.15, 0.2) is 41.4 Å². The molecule has 1 aliphatic heterocycles. The van der Waals surface area contributed by atoms with Crippen LogP contribution in [0.2, 0.25) is 0 Å². The zero-order valence-electron chi connectivity index (χ0n) is 12.6. The van der Waals surface area contributed by atoms with Crippen molar-refractivity contribution in [2.45, 2.75) is 18.7 Å². The van der Waals surface area contributed by atoms with Crippen LogP contribution in [0.3, 0.4) is 0 Å². The molecule has 3 rings (SSSR count). The van der Waals surface area contributed by atoms with Crippen LogP contribution >= 0.6 is 0 Å². The summed E-state index contributed by atoms with van der Waals surface area (Å²) in [6.07, 6.45) is -6.25. The topological polar surface area (TPSA) is 97.8 Å². The number of carbonyl (C=O) groups is 1. The SMILES string of the molecule is N/C(=N\C(=O)O)c1cccc(C2Cc3cc(C(F)(F)F)ccc3O2)n1. The fourth-order valence-electron chi connectivity index (χ4n) is 2.52. The molecule has 0 radical (unpaired) electrons. The summed E-state index contributed by atoms with van der Waals surface area (Å²) in [5.41, 5.74) is 5.82. The summed E-state index contributed by atoms with van der Waals surface area (Å²) in [6.45, 7) is 0. The number of amidine groups is 1. The molecule has 1 aromatic carbocycles. The number of carboxylic acid groups (broad SMARTS) is 1. The van der Waals surface area contributed by atoms with Gasteiger partial charge in [-0.1, -0.05) is 6.07 Å². The monoisotopic (exact) mass is 351 g/mol. The molecule has 130 valence electrons. The number of rotatable bonds is 2. The Kier molecular flexibility index (Phi) is 4.07. The lowest BCUT2D eigenvalue weighted by Crippen LogP contribution is -2.18. The third-order valence-corrected chi connectivity index (χ3v) is 3.64. The molecule has 1 aromatic heterocycles. The number of benzene rings is 1. The number of ether oxygens (including phenoxy) is 1. The molecule has 9 heteroatoms. The van der Waals surface area contributed by atoms with Gasteiger partial charge >= 0.3 is 12.3 Å². The van der Waals surface area contributed by atoms with Gasteiger partial charge in [0.2, 0.25) is 0 Å². The van der Waals surface area contributed by atoms with Gasteiger partial charge in [0.15, 0.2) is 5.84 Å². The molecule has 0 aliphatic carbocycles. The Morgan fingerprint density at radius 2 is 2.08 bits per heavy atom. The van der Waals surface area contributed by atoms with E-state index < -0.39 is 23.9 Å². The van der Waals surface area contributed by atoms with Crippen molar-refractivity contribution < 1.29 is 27.8 Å². The van der Waals surface area contributed by atoms with Crippen molar-refractivity contribution >= 4 is 11.9 Å². The van der Waals surface area contributed by atoms with Crippen molar-refractivity contribution in [2.24, 2.45) is 10.7 Å². The van der Waals surface area contributed by atoms with Crippen molar-refractivity contribution in [3.63, 3.8) is 0 Å². The van der Waals surface area contributed by atoms with Crippen LogP contribution in [-0.4, -0.2) is 22.0 Å². The molecule has 25 heavy (non-hydrogen) atoms. The van der Waals surface area contributed by atoms with Gasteiger partial charge in [0, 0.05) is 6.42 Å². The van der Waals surface area contributed by atoms with Gasteiger partial charge in [0.05, 0.1) is 11.3 Å². The van der Waals surface area contributed by atoms with Crippen LogP contribution in [-0.2, 0) is 12.6 Å². The largest absolute Gasteiger partial charge is 0.483 e. The second-order valence-electron chi connectivity index (χ2n) is 5.36. The minimum atomic E-state index is -4.42. The smallest absolute Gasteiger partial charge is 0.433 e. The summed E-state index contributed by atoms with van der Waals surface area (Å²) < 4.78 is 44.0. The van der Waals surface area contributed by atoms with Gasteiger partial charge in [-0.3, -0.25) is 0 Å². The Hall–Kier alpha value is -3.10. The van der Waals surface area contributed by atoms with Gasteiger partial charge in [0.1, 0.15) is 17.5 Å². The number of pyridine rings is 1. The molecule has 1 unspecified atom stereocenters. The maximum Gasteiger partial charge on any atom is 0.433 e. The van der Waals surface area contributed by atoms with Gasteiger partial charge < -0.3 is 15.6 Å². The number of fused-ring (bicyclic) bond motifs is 1. The second-order valence-corrected chi connectivity index (χ2v) is 5.36. The highest BCUT2D eigenvalue weighted by Gasteiger charge is 2.33. The Morgan fingerprint density at radius 1 is 1.32 bits per heavy atom. The maximum absolute atomic E-state index is 12.8. The number of hydrogen-bond acceptors (Lipinski definition) is 3. The molecule has 1 amide bonds. The van der Waals surface area contributed by atoms with Gasteiger partial charge in [-0.05, 0) is 35.9 Å². The third-order valence-electron chi connectivity index (χ3n) is 3.64. The summed E-state index contributed by atoms with van der Waals surface area (Å²) in [6, 6.07) is 7.99. The van der Waals surface area contributed by atoms with Crippen LogP contribution in [0.5, 0.6) is 5.75 Å². The predicted molar refractivity (Wildman–Crippen MR) is 81.5 cm³/mol. The third kappa shape index (κ3) is 3.54. The van der Waals surface area contributed by atoms with Crippen LogP contribution in [0.4, 0.5) is 18.0 Å². The quantitative estimate of drug-likeness (QED) is 0.640. The van der Waals surface area contributed by atoms with E-state index in [-0.39, 0.29) is 18.0 Å². The molecular formula is C16H12F3N3O3. The molecule has 0 spiro atoms. The average molecular weight is 351 g/mol. The van der Waals surface area contributed by atoms with E-state index in [1.54, 1.807) is 12.1 Å². The second kappa shape index (κ2) is 6.08. The standard InChI is InChI=1S/C16H12F3N3O3/c17-16(18,19)9-4-5-12-8(6-9)7-13(25-12)10-2-1-3-11(21-10)14(20)22-15(23)24/h1-6,13H,7H2,(H2,20,22)(H,23,24). The molecule has 2 heterocycles. The van der Waals surface area contributed by atoms with Crippen molar-refractivity contribution in [1.29, 1.82) is 0 Å². The molecule has 0 bridgehead atoms. The predicted octanol–water partition coefficient (Wildman–Crippen LogP) is 3.16. The molecular weight excluding hydrogens is 339 g/mol. The highest BCUT2D eigenvalue weighted by atomic mass is 19.4. The molecule has 0 saturated heterocycles. The van der Waals surface area contributed by atoms with Crippen LogP contribution in [0.25, 0.3) is 0 Å². The van der Waals surface area contributed by atoms with E-state index in [0.717, 1.165) is 12.1 Å². The van der Waals surface area contributed by atoms with Crippen LogP contribution in [0, 0.1) is 0 Å². The molecule has 3 N–H and O–H groups in total. The lowest BCUT2D eigenvalue weighted by molar-refractivity contribution is -0.137. The Morgan fingerprint density at radius 3 is 2.76 bits per heavy atom. The number of halogens is 3. The zero-order chi connectivity index (χ0) is 18.2. The first-order valence-corrected chi connectivity index (χ1v) is 7.15. The van der Waals surface area contributed by atoms with Crippen molar-refractivity contribution in [2.75, 3.05) is 0 Å². The van der Waals surface area contributed by atoms with Crippen molar-refractivity contribution in [3.05, 3.63) is 58.9 Å². The lowest BCUT2D eigenvalue weighted by atomic mass is 10.0. The normalized spacial score (nSPS) is 17.1. The van der Waals surface area contributed by atoms with Crippen LogP contribution in [0.1, 0.15) is 28.6 Å². The number of nitrogens with zero attached hydrogens (tertiary/aromatic N) is 2. The number of amides is 1. The first-order valence-electron chi connectivity index (χ1n) is 7.15. The van der Waals surface area contributed by atoms with E-state index in [9.17, 15) is 18.0 Å². The van der Waals surface area contributed by atoms with Crippen molar-refractivity contribution in [3.8, 4) is 5.75 Å². The van der Waals surface area contributed by atoms with E-state index in [4.69, 9.17) is 15.6 Å². The van der Waals surface area contributed by atoms with E-state index in [1.165, 1.54) is 12.1 Å². The first kappa shape index (κ1) is 16.7. The Bertz CT molecular complexity index is 865. The van der Waals surface area contributed by atoms with Gasteiger partial charge in [-0.2, -0.15) is 18.2 Å². The number of aliphatic imine (C=N–C) groups is 1. The number of nitrogens with two attached hydrogens (primary N) is 1. The zero-order valence-corrected chi connectivity index (χ0v) is 12.6. The summed E-state index contributed by atoms with van der Waals surface area (Å²) in [5.74, 6) is 0.0848. The highest BCUT2D eigenvalue weighted by Crippen LogP contribution is 2.39. The minimum absolute atomic E-state index is 0.149. The molecule has 2 aromatic rings. The fraction of sp³-hybridized carbons (Fsp3) is 0.188. The van der Waals surface area contributed by atoms with Crippen molar-refractivity contribution in [1.82, 2.24) is 4.98 Å². The summed E-state index contributed by atoms with van der Waals surface area (Å²) in [7, 11) is 0. The molecule has 1 atom stereocenters. The number of aromatic nitrogens is 1. The van der Waals surface area contributed by atoms with Crippen LogP contribution < -0.4 is 10.5 Å². The molecule has 6 nitrogen and oxygen atoms in total. The minimum Gasteiger partial charge on any atom is -0.483 e. The molecule has 0 saturated carbocycles. The van der Waals surface area contributed by atoms with E-state index >= 15 is 0 Å². The lowest BCUT2D eigenvalue weighted by Gasteiger charge is -2.11. The summed E-state index contributed by atoms with van der Waals surface area (Å²) >= 11 is 0. The van der Waals surface area contributed by atoms with Gasteiger partial charge in [-0.25, -0.2) is 9.78 Å². The first-order chi connectivity index (χ1) is 11.7. The summed E-state index contributed by atoms with van der Waals surface area (Å²) in [4.78, 5) is 17.9. The number of alkyl halides is 3. The highest BCUT2D eigenvalue weighted by molar-refractivity contribution is 6.01. The van der Waals surface area contributed by atoms with Gasteiger partial charge in [-0.15, -0.1) is 0 Å². The maximum atomic E-state index is 12.8. The summed E-state index contributed by atoms with van der Waals surface area (Å²) in [5, 5.41) is 8.62. The number of hydrogen-bond donors (Lipinski definition) is 2. The fourth-order valence-corrected chi connectivity index (χ4v) is 2.52. The van der Waals surface area contributed by atoms with E-state index in [2.05, 4.69) is 9.98 Å². The van der Waals surface area contributed by atoms with E-state index in [1.807, 2.05) is 0 Å². The van der Waals surface area contributed by atoms with Gasteiger partial charge in [0.25, 0.3) is 0 Å². The average Bonchev–Trinajstić information content (AvgIpc) is 2.96. The Balaban J connectivity index is 1.86.